The minimum absolute atomic E-state index is 0.224. The summed E-state index contributed by atoms with van der Waals surface area (Å²) in [6, 6.07) is 3.47. The van der Waals surface area contributed by atoms with Crippen molar-refractivity contribution >= 4 is 11.7 Å². The first-order chi connectivity index (χ1) is 8.19. The second kappa shape index (κ2) is 6.62. The van der Waals surface area contributed by atoms with E-state index in [0.29, 0.717) is 5.69 Å². The van der Waals surface area contributed by atoms with Crippen molar-refractivity contribution < 1.29 is 4.79 Å². The van der Waals surface area contributed by atoms with Crippen LogP contribution in [0.1, 0.15) is 23.3 Å². The zero-order valence-electron chi connectivity index (χ0n) is 10.3. The molecular formula is C12H18N4O. The van der Waals surface area contributed by atoms with Crippen LogP contribution in [0.15, 0.2) is 24.8 Å². The topological polar surface area (TPSA) is 58.1 Å². The molecular weight excluding hydrogens is 216 g/mol. The van der Waals surface area contributed by atoms with E-state index in [0.717, 1.165) is 25.2 Å². The zero-order chi connectivity index (χ0) is 12.7. The molecule has 1 aromatic rings. The van der Waals surface area contributed by atoms with E-state index in [1.807, 2.05) is 18.0 Å². The highest BCUT2D eigenvalue weighted by molar-refractivity contribution is 5.91. The van der Waals surface area contributed by atoms with E-state index in [2.05, 4.69) is 22.1 Å². The van der Waals surface area contributed by atoms with Crippen LogP contribution in [-0.4, -0.2) is 36.7 Å². The molecule has 0 aromatic carbocycles. The van der Waals surface area contributed by atoms with Crippen molar-refractivity contribution in [3.8, 4) is 0 Å². The summed E-state index contributed by atoms with van der Waals surface area (Å²) in [5, 5.41) is 10.4. The van der Waals surface area contributed by atoms with Crippen molar-refractivity contribution in [2.24, 2.45) is 0 Å². The zero-order valence-corrected chi connectivity index (χ0v) is 10.3. The third-order valence-electron chi connectivity index (χ3n) is 2.40. The maximum Gasteiger partial charge on any atom is 0.271 e. The van der Waals surface area contributed by atoms with Gasteiger partial charge < -0.3 is 10.2 Å². The van der Waals surface area contributed by atoms with Gasteiger partial charge in [0.2, 0.25) is 0 Å². The lowest BCUT2D eigenvalue weighted by atomic mass is 10.3. The first-order valence-corrected chi connectivity index (χ1v) is 5.57. The minimum Gasteiger partial charge on any atom is -0.358 e. The van der Waals surface area contributed by atoms with Gasteiger partial charge in [0.25, 0.3) is 5.91 Å². The molecule has 1 amide bonds. The van der Waals surface area contributed by atoms with Crippen LogP contribution in [-0.2, 0) is 0 Å². The van der Waals surface area contributed by atoms with Gasteiger partial charge in [-0.25, -0.2) is 0 Å². The Hall–Kier alpha value is -1.91. The van der Waals surface area contributed by atoms with Gasteiger partial charge in [0.15, 0.2) is 11.5 Å². The molecule has 0 bridgehead atoms. The fourth-order valence-electron chi connectivity index (χ4n) is 1.37. The van der Waals surface area contributed by atoms with Gasteiger partial charge >= 0.3 is 0 Å². The smallest absolute Gasteiger partial charge is 0.271 e. The van der Waals surface area contributed by atoms with E-state index in [-0.39, 0.29) is 5.91 Å². The van der Waals surface area contributed by atoms with E-state index < -0.39 is 0 Å². The van der Waals surface area contributed by atoms with Gasteiger partial charge in [-0.05, 0) is 25.0 Å². The molecule has 0 spiro atoms. The molecule has 0 unspecified atom stereocenters. The molecule has 0 aliphatic rings. The van der Waals surface area contributed by atoms with Crippen LogP contribution in [0.5, 0.6) is 0 Å². The van der Waals surface area contributed by atoms with Crippen molar-refractivity contribution in [2.75, 3.05) is 25.5 Å². The second-order valence-electron chi connectivity index (χ2n) is 3.71. The summed E-state index contributed by atoms with van der Waals surface area (Å²) in [6.07, 6.45) is 3.90. The molecule has 1 heterocycles. The number of unbranched alkanes of at least 4 members (excludes halogenated alkanes) is 1. The monoisotopic (exact) mass is 234 g/mol. The van der Waals surface area contributed by atoms with Gasteiger partial charge in [-0.1, -0.05) is 6.08 Å². The molecule has 0 aliphatic heterocycles. The number of rotatable bonds is 6. The van der Waals surface area contributed by atoms with Gasteiger partial charge in [-0.2, -0.15) is 0 Å². The summed E-state index contributed by atoms with van der Waals surface area (Å²) in [5.41, 5.74) is 0.329. The van der Waals surface area contributed by atoms with E-state index >= 15 is 0 Å². The molecule has 1 N–H and O–H groups in total. The van der Waals surface area contributed by atoms with Gasteiger partial charge in [0.1, 0.15) is 0 Å². The number of amides is 1. The third-order valence-corrected chi connectivity index (χ3v) is 2.40. The molecule has 5 heteroatoms. The normalized spacial score (nSPS) is 9.76. The molecule has 5 nitrogen and oxygen atoms in total. The molecule has 1 rings (SSSR count). The van der Waals surface area contributed by atoms with Crippen molar-refractivity contribution in [2.45, 2.75) is 12.8 Å². The lowest BCUT2D eigenvalue weighted by molar-refractivity contribution is 0.0957. The number of aromatic nitrogens is 2. The van der Waals surface area contributed by atoms with Crippen LogP contribution in [0.3, 0.4) is 0 Å². The van der Waals surface area contributed by atoms with E-state index in [1.54, 1.807) is 19.2 Å². The van der Waals surface area contributed by atoms with E-state index in [1.165, 1.54) is 0 Å². The number of nitrogens with one attached hydrogen (secondary N) is 1. The number of hydrogen-bond donors (Lipinski definition) is 1. The summed E-state index contributed by atoms with van der Waals surface area (Å²) in [4.78, 5) is 13.3. The highest BCUT2D eigenvalue weighted by Gasteiger charge is 2.07. The van der Waals surface area contributed by atoms with Gasteiger partial charge in [0.05, 0.1) is 0 Å². The van der Waals surface area contributed by atoms with Crippen molar-refractivity contribution in [1.29, 1.82) is 0 Å². The number of anilines is 1. The molecule has 0 saturated heterocycles. The molecule has 92 valence electrons. The van der Waals surface area contributed by atoms with E-state index in [4.69, 9.17) is 0 Å². The largest absolute Gasteiger partial charge is 0.358 e. The fraction of sp³-hybridized carbons (Fsp3) is 0.417. The van der Waals surface area contributed by atoms with E-state index in [9.17, 15) is 4.79 Å². The molecule has 0 fully saturated rings. The lowest BCUT2D eigenvalue weighted by Crippen LogP contribution is -2.22. The maximum absolute atomic E-state index is 11.3. The number of carbonyl (C=O) groups excluding carboxylic acids is 1. The number of hydrogen-bond acceptors (Lipinski definition) is 4. The van der Waals surface area contributed by atoms with Gasteiger partial charge in [-0.15, -0.1) is 16.8 Å². The number of allylic oxidation sites excluding steroid dienone is 1. The first-order valence-electron chi connectivity index (χ1n) is 5.57. The minimum atomic E-state index is -0.224. The van der Waals surface area contributed by atoms with Crippen molar-refractivity contribution in [3.05, 3.63) is 30.5 Å². The molecule has 0 aliphatic carbocycles. The molecule has 1 aromatic heterocycles. The Morgan fingerprint density at radius 2 is 2.29 bits per heavy atom. The van der Waals surface area contributed by atoms with Crippen LogP contribution in [0.25, 0.3) is 0 Å². The Bertz CT molecular complexity index is 375. The molecule has 17 heavy (non-hydrogen) atoms. The highest BCUT2D eigenvalue weighted by atomic mass is 16.1. The van der Waals surface area contributed by atoms with Crippen molar-refractivity contribution in [3.63, 3.8) is 0 Å². The van der Waals surface area contributed by atoms with Gasteiger partial charge in [-0.3, -0.25) is 4.79 Å². The standard InChI is InChI=1S/C12H18N4O/c1-4-5-6-9-16(3)11-8-7-10(14-15-11)12(17)13-2/h4,7-8H,1,5-6,9H2,2-3H3,(H,13,17). The Kier molecular flexibility index (Phi) is 5.13. The predicted octanol–water partition coefficient (Wildman–Crippen LogP) is 1.24. The predicted molar refractivity (Wildman–Crippen MR) is 68.1 cm³/mol. The highest BCUT2D eigenvalue weighted by Crippen LogP contribution is 2.08. The lowest BCUT2D eigenvalue weighted by Gasteiger charge is -2.16. The van der Waals surface area contributed by atoms with Crippen LogP contribution in [0, 0.1) is 0 Å². The SMILES string of the molecule is C=CCCCN(C)c1ccc(C(=O)NC)nn1. The summed E-state index contributed by atoms with van der Waals surface area (Å²) >= 11 is 0. The van der Waals surface area contributed by atoms with Crippen LogP contribution >= 0.6 is 0 Å². The van der Waals surface area contributed by atoms with Crippen LogP contribution in [0.2, 0.25) is 0 Å². The summed E-state index contributed by atoms with van der Waals surface area (Å²) in [6.45, 7) is 4.57. The van der Waals surface area contributed by atoms with Crippen molar-refractivity contribution in [1.82, 2.24) is 15.5 Å². The Labute approximate surface area is 102 Å². The first kappa shape index (κ1) is 13.2. The molecule has 0 saturated carbocycles. The molecule has 0 atom stereocenters. The molecule has 0 radical (unpaired) electrons. The summed E-state index contributed by atoms with van der Waals surface area (Å²) in [5.74, 6) is 0.542. The summed E-state index contributed by atoms with van der Waals surface area (Å²) in [7, 11) is 3.52. The average molecular weight is 234 g/mol. The Balaban J connectivity index is 2.60. The third kappa shape index (κ3) is 3.86. The Morgan fingerprint density at radius 1 is 1.53 bits per heavy atom. The van der Waals surface area contributed by atoms with Crippen LogP contribution in [0.4, 0.5) is 5.82 Å². The van der Waals surface area contributed by atoms with Gasteiger partial charge in [0, 0.05) is 20.6 Å². The second-order valence-corrected chi connectivity index (χ2v) is 3.71. The number of nitrogens with zero attached hydrogens (tertiary/aromatic N) is 3. The Morgan fingerprint density at radius 3 is 2.82 bits per heavy atom. The quantitative estimate of drug-likeness (QED) is 0.594. The maximum atomic E-state index is 11.3. The average Bonchev–Trinajstić information content (AvgIpc) is 2.38. The number of carbonyl (C=O) groups is 1. The van der Waals surface area contributed by atoms with Crippen LogP contribution < -0.4 is 10.2 Å². The summed E-state index contributed by atoms with van der Waals surface area (Å²) < 4.78 is 0. The fourth-order valence-corrected chi connectivity index (χ4v) is 1.37.